The molecule has 0 saturated heterocycles. The van der Waals surface area contributed by atoms with Crippen molar-refractivity contribution in [1.82, 2.24) is 24.5 Å². The van der Waals surface area contributed by atoms with E-state index in [4.69, 9.17) is 14.6 Å². The summed E-state index contributed by atoms with van der Waals surface area (Å²) in [5.41, 5.74) is 4.94. The fourth-order valence-corrected chi connectivity index (χ4v) is 4.99. The lowest BCUT2D eigenvalue weighted by atomic mass is 10.0. The number of ether oxygens (including phenoxy) is 2. The van der Waals surface area contributed by atoms with Gasteiger partial charge in [0.15, 0.2) is 17.3 Å². The van der Waals surface area contributed by atoms with Gasteiger partial charge in [0.25, 0.3) is 0 Å². The van der Waals surface area contributed by atoms with Crippen molar-refractivity contribution < 1.29 is 9.47 Å². The van der Waals surface area contributed by atoms with E-state index in [1.807, 2.05) is 12.1 Å². The van der Waals surface area contributed by atoms with Crippen LogP contribution in [0.3, 0.4) is 0 Å². The molecule has 0 bridgehead atoms. The van der Waals surface area contributed by atoms with Gasteiger partial charge in [0.05, 0.1) is 26.0 Å². The third-order valence-corrected chi connectivity index (χ3v) is 6.53. The number of rotatable bonds is 6. The second-order valence-electron chi connectivity index (χ2n) is 8.22. The molecule has 0 amide bonds. The van der Waals surface area contributed by atoms with E-state index < -0.39 is 0 Å². The van der Waals surface area contributed by atoms with Gasteiger partial charge in [-0.25, -0.2) is 0 Å². The highest BCUT2D eigenvalue weighted by molar-refractivity contribution is 5.60. The standard InChI is InChI=1S/C23H29N5O2/c1-4-18-17-11-12-27-21(14-15-9-10-19(29-2)20(13-15)30-3)24-25-23(27)22(17)28(26-18)16-7-5-6-8-16/h9-10,13,16H,4-8,11-12,14H2,1-3H3. The molecule has 7 nitrogen and oxygen atoms in total. The highest BCUT2D eigenvalue weighted by Crippen LogP contribution is 2.38. The van der Waals surface area contributed by atoms with Crippen LogP contribution in [0.2, 0.25) is 0 Å². The molecule has 1 aliphatic carbocycles. The summed E-state index contributed by atoms with van der Waals surface area (Å²) in [7, 11) is 3.32. The van der Waals surface area contributed by atoms with E-state index in [2.05, 4.69) is 32.4 Å². The van der Waals surface area contributed by atoms with Crippen molar-refractivity contribution >= 4 is 0 Å². The number of aromatic nitrogens is 5. The van der Waals surface area contributed by atoms with Gasteiger partial charge in [-0.05, 0) is 43.4 Å². The molecule has 0 N–H and O–H groups in total. The quantitative estimate of drug-likeness (QED) is 0.618. The van der Waals surface area contributed by atoms with E-state index >= 15 is 0 Å². The number of nitrogens with zero attached hydrogens (tertiary/aromatic N) is 5. The molecule has 0 radical (unpaired) electrons. The lowest BCUT2D eigenvalue weighted by Gasteiger charge is -2.20. The Morgan fingerprint density at radius 1 is 1.07 bits per heavy atom. The van der Waals surface area contributed by atoms with Gasteiger partial charge in [-0.1, -0.05) is 25.8 Å². The van der Waals surface area contributed by atoms with Crippen LogP contribution < -0.4 is 9.47 Å². The minimum Gasteiger partial charge on any atom is -0.493 e. The Kier molecular flexibility index (Phi) is 4.97. The summed E-state index contributed by atoms with van der Waals surface area (Å²) in [4.78, 5) is 0. The van der Waals surface area contributed by atoms with Crippen LogP contribution >= 0.6 is 0 Å². The third kappa shape index (κ3) is 3.07. The monoisotopic (exact) mass is 407 g/mol. The van der Waals surface area contributed by atoms with Gasteiger partial charge in [-0.15, -0.1) is 10.2 Å². The summed E-state index contributed by atoms with van der Waals surface area (Å²) in [5.74, 6) is 3.44. The summed E-state index contributed by atoms with van der Waals surface area (Å²) in [6.07, 6.45) is 7.68. The highest BCUT2D eigenvalue weighted by Gasteiger charge is 2.31. The predicted octanol–water partition coefficient (Wildman–Crippen LogP) is 3.98. The predicted molar refractivity (Wildman–Crippen MR) is 114 cm³/mol. The zero-order valence-corrected chi connectivity index (χ0v) is 18.0. The molecule has 30 heavy (non-hydrogen) atoms. The zero-order valence-electron chi connectivity index (χ0n) is 18.0. The van der Waals surface area contributed by atoms with E-state index in [0.29, 0.717) is 12.5 Å². The Bertz CT molecular complexity index is 1060. The molecular weight excluding hydrogens is 378 g/mol. The van der Waals surface area contributed by atoms with Crippen molar-refractivity contribution in [3.05, 3.63) is 40.8 Å². The first-order valence-electron chi connectivity index (χ1n) is 11.0. The van der Waals surface area contributed by atoms with Crippen molar-refractivity contribution in [2.45, 2.75) is 64.5 Å². The zero-order chi connectivity index (χ0) is 20.7. The normalized spacial score (nSPS) is 15.8. The van der Waals surface area contributed by atoms with Gasteiger partial charge in [0, 0.05) is 18.5 Å². The van der Waals surface area contributed by atoms with Gasteiger partial charge < -0.3 is 14.0 Å². The van der Waals surface area contributed by atoms with Crippen molar-refractivity contribution in [3.63, 3.8) is 0 Å². The second-order valence-corrected chi connectivity index (χ2v) is 8.22. The summed E-state index contributed by atoms with van der Waals surface area (Å²) in [6.45, 7) is 3.10. The number of methoxy groups -OCH3 is 2. The third-order valence-electron chi connectivity index (χ3n) is 6.53. The fourth-order valence-electron chi connectivity index (χ4n) is 4.99. The first-order chi connectivity index (χ1) is 14.7. The van der Waals surface area contributed by atoms with Crippen molar-refractivity contribution in [1.29, 1.82) is 0 Å². The number of benzene rings is 1. The first-order valence-corrected chi connectivity index (χ1v) is 11.0. The van der Waals surface area contributed by atoms with Crippen LogP contribution in [-0.2, 0) is 25.8 Å². The number of aryl methyl sites for hydroxylation is 1. The Balaban J connectivity index is 1.52. The van der Waals surface area contributed by atoms with E-state index in [-0.39, 0.29) is 0 Å². The van der Waals surface area contributed by atoms with Gasteiger partial charge >= 0.3 is 0 Å². The molecular formula is C23H29N5O2. The molecule has 0 atom stereocenters. The van der Waals surface area contributed by atoms with Gasteiger partial charge in [-0.2, -0.15) is 5.10 Å². The molecule has 3 aromatic rings. The average Bonchev–Trinajstić information content (AvgIpc) is 3.51. The molecule has 5 rings (SSSR count). The second kappa shape index (κ2) is 7.78. The van der Waals surface area contributed by atoms with Crippen molar-refractivity contribution in [2.24, 2.45) is 0 Å². The Labute approximate surface area is 177 Å². The van der Waals surface area contributed by atoms with E-state index in [0.717, 1.165) is 48.1 Å². The summed E-state index contributed by atoms with van der Waals surface area (Å²) in [6, 6.07) is 6.53. The molecule has 2 aliphatic rings. The maximum atomic E-state index is 5.46. The van der Waals surface area contributed by atoms with Crippen LogP contribution in [0.15, 0.2) is 18.2 Å². The van der Waals surface area contributed by atoms with Crippen LogP contribution in [0, 0.1) is 0 Å². The molecule has 1 fully saturated rings. The maximum Gasteiger partial charge on any atom is 0.182 e. The Hall–Kier alpha value is -2.83. The molecule has 3 heterocycles. The van der Waals surface area contributed by atoms with Crippen LogP contribution in [-0.4, -0.2) is 38.8 Å². The fraction of sp³-hybridized carbons (Fsp3) is 0.522. The Morgan fingerprint density at radius 3 is 2.60 bits per heavy atom. The average molecular weight is 408 g/mol. The van der Waals surface area contributed by atoms with Crippen molar-refractivity contribution in [2.75, 3.05) is 14.2 Å². The summed E-state index contributed by atoms with van der Waals surface area (Å²) < 4.78 is 15.4. The van der Waals surface area contributed by atoms with Crippen LogP contribution in [0.1, 0.15) is 61.3 Å². The van der Waals surface area contributed by atoms with E-state index in [1.54, 1.807) is 14.2 Å². The summed E-state index contributed by atoms with van der Waals surface area (Å²) in [5, 5.41) is 14.3. The molecule has 1 aliphatic heterocycles. The number of hydrogen-bond donors (Lipinski definition) is 0. The summed E-state index contributed by atoms with van der Waals surface area (Å²) >= 11 is 0. The minimum atomic E-state index is 0.497. The highest BCUT2D eigenvalue weighted by atomic mass is 16.5. The first kappa shape index (κ1) is 19.2. The molecule has 1 saturated carbocycles. The van der Waals surface area contributed by atoms with Gasteiger partial charge in [0.2, 0.25) is 0 Å². The maximum absolute atomic E-state index is 5.46. The van der Waals surface area contributed by atoms with Crippen molar-refractivity contribution in [3.8, 4) is 23.0 Å². The smallest absolute Gasteiger partial charge is 0.182 e. The van der Waals surface area contributed by atoms with E-state index in [9.17, 15) is 0 Å². The van der Waals surface area contributed by atoms with Gasteiger partial charge in [0.1, 0.15) is 11.5 Å². The largest absolute Gasteiger partial charge is 0.493 e. The topological polar surface area (TPSA) is 67.0 Å². The molecule has 1 aromatic carbocycles. The molecule has 0 spiro atoms. The molecule has 158 valence electrons. The van der Waals surface area contributed by atoms with Crippen LogP contribution in [0.25, 0.3) is 11.5 Å². The lowest BCUT2D eigenvalue weighted by Crippen LogP contribution is -2.17. The minimum absolute atomic E-state index is 0.497. The lowest BCUT2D eigenvalue weighted by molar-refractivity contribution is 0.354. The van der Waals surface area contributed by atoms with Gasteiger partial charge in [-0.3, -0.25) is 4.68 Å². The van der Waals surface area contributed by atoms with E-state index in [1.165, 1.54) is 42.6 Å². The number of fused-ring (bicyclic) bond motifs is 3. The Morgan fingerprint density at radius 2 is 1.87 bits per heavy atom. The molecule has 2 aromatic heterocycles. The van der Waals surface area contributed by atoms with Crippen LogP contribution in [0.4, 0.5) is 0 Å². The SMILES string of the molecule is CCc1nn(C2CCCC2)c2c1CCn1c(Cc3ccc(OC)c(OC)c3)nnc1-2. The number of hydrogen-bond acceptors (Lipinski definition) is 5. The van der Waals surface area contributed by atoms with Crippen LogP contribution in [0.5, 0.6) is 11.5 Å². The molecule has 0 unspecified atom stereocenters. The molecule has 7 heteroatoms.